The molecule has 1 unspecified atom stereocenters. The fourth-order valence-electron chi connectivity index (χ4n) is 3.84. The van der Waals surface area contributed by atoms with Crippen LogP contribution >= 0.6 is 22.9 Å². The quantitative estimate of drug-likeness (QED) is 0.401. The van der Waals surface area contributed by atoms with Gasteiger partial charge in [0.25, 0.3) is 5.91 Å². The molecule has 2 aromatic heterocycles. The van der Waals surface area contributed by atoms with Gasteiger partial charge in [-0.25, -0.2) is 9.97 Å². The van der Waals surface area contributed by atoms with Crippen molar-refractivity contribution in [2.75, 3.05) is 25.0 Å². The number of β-amino-alcohol motifs (C(OH)–C–C–N with tert-alkyl or cyclic N) is 1. The first-order chi connectivity index (χ1) is 15.9. The van der Waals surface area contributed by atoms with Crippen molar-refractivity contribution in [3.63, 3.8) is 0 Å². The average Bonchev–Trinajstić information content (AvgIpc) is 3.48. The van der Waals surface area contributed by atoms with Crippen molar-refractivity contribution >= 4 is 67.1 Å². The van der Waals surface area contributed by atoms with Crippen molar-refractivity contribution in [3.05, 3.63) is 47.0 Å². The maximum atomic E-state index is 12.6. The van der Waals surface area contributed by atoms with Crippen LogP contribution in [0.25, 0.3) is 21.3 Å². The Morgan fingerprint density at radius 3 is 2.85 bits per heavy atom. The molecule has 0 radical (unpaired) electrons. The number of aryl methyl sites for hydroxylation is 1. The first-order valence-corrected chi connectivity index (χ1v) is 11.6. The van der Waals surface area contributed by atoms with E-state index in [1.165, 1.54) is 11.3 Å². The van der Waals surface area contributed by atoms with E-state index >= 15 is 0 Å². The van der Waals surface area contributed by atoms with Crippen LogP contribution in [-0.4, -0.2) is 62.1 Å². The van der Waals surface area contributed by atoms with E-state index in [-0.39, 0.29) is 18.4 Å². The standard InChI is InChI=1S/C22H21ClN6O3S/c1-28-17-5-2-12(20(32)24-10-19(31)29-7-6-14(30)11-29)8-16(17)25-21(28)27-22-26-15-4-3-13(23)9-18(15)33-22/h2-5,8-9,14,30H,6-7,10-11H2,1H3,(H,24,32)(H,25,26,27). The monoisotopic (exact) mass is 484 g/mol. The highest BCUT2D eigenvalue weighted by atomic mass is 35.5. The highest BCUT2D eigenvalue weighted by Crippen LogP contribution is 2.31. The molecule has 11 heteroatoms. The summed E-state index contributed by atoms with van der Waals surface area (Å²) < 4.78 is 2.86. The van der Waals surface area contributed by atoms with Crippen LogP contribution in [0.15, 0.2) is 36.4 Å². The zero-order valence-corrected chi connectivity index (χ0v) is 19.3. The number of fused-ring (bicyclic) bond motifs is 2. The molecule has 0 aliphatic carbocycles. The molecule has 3 heterocycles. The minimum absolute atomic E-state index is 0.111. The summed E-state index contributed by atoms with van der Waals surface area (Å²) in [5.74, 6) is 0.0334. The van der Waals surface area contributed by atoms with E-state index in [9.17, 15) is 14.7 Å². The summed E-state index contributed by atoms with van der Waals surface area (Å²) in [4.78, 5) is 35.5. The van der Waals surface area contributed by atoms with Gasteiger partial charge >= 0.3 is 0 Å². The molecule has 2 aromatic carbocycles. The summed E-state index contributed by atoms with van der Waals surface area (Å²) in [6, 6.07) is 10.8. The van der Waals surface area contributed by atoms with Crippen LogP contribution in [-0.2, 0) is 11.8 Å². The Morgan fingerprint density at radius 1 is 1.21 bits per heavy atom. The molecule has 5 rings (SSSR count). The van der Waals surface area contributed by atoms with Crippen LogP contribution in [0.2, 0.25) is 5.02 Å². The number of aliphatic hydroxyl groups excluding tert-OH is 1. The minimum atomic E-state index is -0.486. The van der Waals surface area contributed by atoms with E-state index in [1.807, 2.05) is 29.8 Å². The zero-order valence-electron chi connectivity index (χ0n) is 17.7. The third kappa shape index (κ3) is 4.37. The number of benzene rings is 2. The predicted octanol–water partition coefficient (Wildman–Crippen LogP) is 2.90. The predicted molar refractivity (Wildman–Crippen MR) is 128 cm³/mol. The van der Waals surface area contributed by atoms with Gasteiger partial charge in [-0.2, -0.15) is 0 Å². The Balaban J connectivity index is 1.30. The molecular weight excluding hydrogens is 464 g/mol. The number of hydrogen-bond acceptors (Lipinski definition) is 7. The smallest absolute Gasteiger partial charge is 0.251 e. The van der Waals surface area contributed by atoms with E-state index in [1.54, 1.807) is 23.1 Å². The van der Waals surface area contributed by atoms with Gasteiger partial charge in [-0.15, -0.1) is 0 Å². The van der Waals surface area contributed by atoms with Gasteiger partial charge in [0.1, 0.15) is 0 Å². The van der Waals surface area contributed by atoms with E-state index in [4.69, 9.17) is 11.6 Å². The van der Waals surface area contributed by atoms with Gasteiger partial charge in [0.05, 0.1) is 33.9 Å². The lowest BCUT2D eigenvalue weighted by Gasteiger charge is -2.15. The first-order valence-electron chi connectivity index (χ1n) is 10.4. The second-order valence-electron chi connectivity index (χ2n) is 7.92. The van der Waals surface area contributed by atoms with Crippen molar-refractivity contribution in [1.82, 2.24) is 24.8 Å². The average molecular weight is 485 g/mol. The molecule has 0 bridgehead atoms. The molecule has 1 aliphatic rings. The largest absolute Gasteiger partial charge is 0.391 e. The highest BCUT2D eigenvalue weighted by molar-refractivity contribution is 7.22. The SMILES string of the molecule is Cn1c(Nc2nc3ccc(Cl)cc3s2)nc2cc(C(=O)NCC(=O)N3CCC(O)C3)ccc21. The van der Waals surface area contributed by atoms with E-state index in [2.05, 4.69) is 20.6 Å². The number of thiazole rings is 1. The van der Waals surface area contributed by atoms with Crippen molar-refractivity contribution in [3.8, 4) is 0 Å². The summed E-state index contributed by atoms with van der Waals surface area (Å²) in [6.07, 6.45) is 0.0801. The summed E-state index contributed by atoms with van der Waals surface area (Å²) >= 11 is 7.54. The van der Waals surface area contributed by atoms with Gasteiger partial charge in [-0.1, -0.05) is 22.9 Å². The molecule has 9 nitrogen and oxygen atoms in total. The number of aromatic nitrogens is 3. The topological polar surface area (TPSA) is 112 Å². The number of halogens is 1. The molecule has 3 N–H and O–H groups in total. The van der Waals surface area contributed by atoms with E-state index in [0.717, 1.165) is 15.7 Å². The Morgan fingerprint density at radius 2 is 2.06 bits per heavy atom. The summed E-state index contributed by atoms with van der Waals surface area (Å²) in [7, 11) is 1.88. The Hall–Kier alpha value is -3.21. The zero-order chi connectivity index (χ0) is 23.1. The van der Waals surface area contributed by atoms with Crippen molar-refractivity contribution in [2.24, 2.45) is 7.05 Å². The number of nitrogens with one attached hydrogen (secondary N) is 2. The van der Waals surface area contributed by atoms with E-state index in [0.29, 0.717) is 46.7 Å². The Kier molecular flexibility index (Phi) is 5.65. The molecule has 1 atom stereocenters. The van der Waals surface area contributed by atoms with Crippen molar-refractivity contribution in [1.29, 1.82) is 0 Å². The van der Waals surface area contributed by atoms with Gasteiger partial charge in [0.15, 0.2) is 5.13 Å². The number of hydrogen-bond donors (Lipinski definition) is 3. The third-order valence-electron chi connectivity index (χ3n) is 5.63. The van der Waals surface area contributed by atoms with Crippen LogP contribution in [0, 0.1) is 0 Å². The molecule has 170 valence electrons. The lowest BCUT2D eigenvalue weighted by Crippen LogP contribution is -2.39. The third-order valence-corrected chi connectivity index (χ3v) is 6.80. The van der Waals surface area contributed by atoms with Gasteiger partial charge in [-0.3, -0.25) is 9.59 Å². The van der Waals surface area contributed by atoms with Crippen LogP contribution < -0.4 is 10.6 Å². The van der Waals surface area contributed by atoms with Gasteiger partial charge in [0, 0.05) is 30.7 Å². The molecule has 33 heavy (non-hydrogen) atoms. The lowest BCUT2D eigenvalue weighted by molar-refractivity contribution is -0.129. The van der Waals surface area contributed by atoms with E-state index < -0.39 is 6.10 Å². The van der Waals surface area contributed by atoms with Crippen molar-refractivity contribution in [2.45, 2.75) is 12.5 Å². The molecule has 4 aromatic rings. The molecule has 1 aliphatic heterocycles. The number of aliphatic hydroxyl groups is 1. The van der Waals surface area contributed by atoms with Crippen molar-refractivity contribution < 1.29 is 14.7 Å². The van der Waals surface area contributed by atoms with Gasteiger partial charge < -0.3 is 25.2 Å². The molecule has 2 amide bonds. The second-order valence-corrected chi connectivity index (χ2v) is 9.39. The number of rotatable bonds is 5. The number of carbonyl (C=O) groups excluding carboxylic acids is 2. The molecule has 0 spiro atoms. The first kappa shape index (κ1) is 21.6. The normalized spacial score (nSPS) is 16.0. The number of anilines is 2. The van der Waals surface area contributed by atoms with Crippen LogP contribution in [0.4, 0.5) is 11.1 Å². The van der Waals surface area contributed by atoms with Crippen LogP contribution in [0.5, 0.6) is 0 Å². The maximum absolute atomic E-state index is 12.6. The maximum Gasteiger partial charge on any atom is 0.251 e. The summed E-state index contributed by atoms with van der Waals surface area (Å²) in [5, 5.41) is 16.8. The fraction of sp³-hybridized carbons (Fsp3) is 0.273. The number of likely N-dealkylation sites (tertiary alicyclic amines) is 1. The molecule has 1 fully saturated rings. The molecule has 0 saturated carbocycles. The molecule has 1 saturated heterocycles. The Bertz CT molecular complexity index is 1380. The highest BCUT2D eigenvalue weighted by Gasteiger charge is 2.24. The number of amides is 2. The summed E-state index contributed by atoms with van der Waals surface area (Å²) in [6.45, 7) is 0.708. The Labute approximate surface area is 198 Å². The summed E-state index contributed by atoms with van der Waals surface area (Å²) in [5.41, 5.74) is 2.75. The van der Waals surface area contributed by atoms with Gasteiger partial charge in [0.2, 0.25) is 11.9 Å². The number of nitrogens with zero attached hydrogens (tertiary/aromatic N) is 4. The minimum Gasteiger partial charge on any atom is -0.391 e. The lowest BCUT2D eigenvalue weighted by atomic mass is 10.2. The second kappa shape index (κ2) is 8.62. The fourth-order valence-corrected chi connectivity index (χ4v) is 4.97. The number of carbonyl (C=O) groups is 2. The number of imidazole rings is 1. The van der Waals surface area contributed by atoms with Gasteiger partial charge in [-0.05, 0) is 42.8 Å². The molecular formula is C22H21ClN6O3S. The van der Waals surface area contributed by atoms with Crippen LogP contribution in [0.3, 0.4) is 0 Å². The van der Waals surface area contributed by atoms with Crippen LogP contribution in [0.1, 0.15) is 16.8 Å².